The molecular weight excluding hydrogens is 406 g/mol. The number of carbonyl (C=O) groups is 1. The van der Waals surface area contributed by atoms with Crippen molar-refractivity contribution in [2.45, 2.75) is 58.5 Å². The summed E-state index contributed by atoms with van der Waals surface area (Å²) < 4.78 is 11.2. The number of ether oxygens (including phenoxy) is 2. The highest BCUT2D eigenvalue weighted by atomic mass is 16.5. The lowest BCUT2D eigenvalue weighted by atomic mass is 9.91. The number of nitrogens with zero attached hydrogens (tertiary/aromatic N) is 3. The lowest BCUT2D eigenvalue weighted by molar-refractivity contribution is 0.0925. The number of aromatic nitrogens is 2. The summed E-state index contributed by atoms with van der Waals surface area (Å²) in [6, 6.07) is 7.82. The molecule has 1 saturated carbocycles. The van der Waals surface area contributed by atoms with E-state index in [0.29, 0.717) is 42.3 Å². The summed E-state index contributed by atoms with van der Waals surface area (Å²) in [5.74, 6) is 2.76. The Morgan fingerprint density at radius 1 is 0.969 bits per heavy atom. The van der Waals surface area contributed by atoms with Gasteiger partial charge in [0.25, 0.3) is 5.91 Å². The number of carbonyl (C=O) groups excluding carboxylic acids is 1. The van der Waals surface area contributed by atoms with Crippen LogP contribution in [0.15, 0.2) is 24.3 Å². The van der Waals surface area contributed by atoms with Crippen LogP contribution in [0.2, 0.25) is 0 Å². The first-order valence-corrected chi connectivity index (χ1v) is 11.4. The maximum atomic E-state index is 12.9. The Kier molecular flexibility index (Phi) is 8.14. The molecule has 8 nitrogen and oxygen atoms in total. The van der Waals surface area contributed by atoms with Crippen molar-refractivity contribution in [1.82, 2.24) is 15.3 Å². The molecule has 0 bridgehead atoms. The van der Waals surface area contributed by atoms with Crippen molar-refractivity contribution < 1.29 is 14.3 Å². The second kappa shape index (κ2) is 11.0. The van der Waals surface area contributed by atoms with Crippen molar-refractivity contribution in [3.05, 3.63) is 35.5 Å². The SMILES string of the molecule is CCOc1cc(OCC)cc(C(=O)NC2CCC(Nc3cc(C)nc(N(C)C)n3)CC2)c1. The standard InChI is InChI=1S/C24H35N5O3/c1-6-31-20-13-17(14-21(15-20)32-7-2)23(30)27-19-10-8-18(9-11-19)26-22-12-16(3)25-24(28-22)29(4)5/h12-15,18-19H,6-11H2,1-5H3,(H,27,30)(H,25,26,28). The average Bonchev–Trinajstić information content (AvgIpc) is 2.75. The minimum absolute atomic E-state index is 0.0917. The van der Waals surface area contributed by atoms with E-state index < -0.39 is 0 Å². The number of nitrogens with one attached hydrogen (secondary N) is 2. The minimum Gasteiger partial charge on any atom is -0.494 e. The lowest BCUT2D eigenvalue weighted by Crippen LogP contribution is -2.40. The van der Waals surface area contributed by atoms with Crippen LogP contribution < -0.4 is 25.0 Å². The second-order valence-electron chi connectivity index (χ2n) is 8.31. The van der Waals surface area contributed by atoms with Crippen LogP contribution in [0.3, 0.4) is 0 Å². The molecule has 0 spiro atoms. The van der Waals surface area contributed by atoms with Gasteiger partial charge in [-0.25, -0.2) is 4.98 Å². The first kappa shape index (κ1) is 23.6. The number of benzene rings is 1. The Morgan fingerprint density at radius 2 is 1.56 bits per heavy atom. The van der Waals surface area contributed by atoms with Gasteiger partial charge < -0.3 is 25.0 Å². The summed E-state index contributed by atoms with van der Waals surface area (Å²) in [7, 11) is 3.88. The van der Waals surface area contributed by atoms with Gasteiger partial charge in [-0.05, 0) is 58.6 Å². The number of anilines is 2. The molecule has 1 aromatic heterocycles. The Labute approximate surface area is 190 Å². The van der Waals surface area contributed by atoms with Crippen molar-refractivity contribution in [3.63, 3.8) is 0 Å². The van der Waals surface area contributed by atoms with Gasteiger partial charge in [0.15, 0.2) is 0 Å². The summed E-state index contributed by atoms with van der Waals surface area (Å²) in [5.41, 5.74) is 1.50. The fraction of sp³-hybridized carbons (Fsp3) is 0.542. The van der Waals surface area contributed by atoms with Gasteiger partial charge in [0.05, 0.1) is 13.2 Å². The van der Waals surface area contributed by atoms with Gasteiger partial charge in [-0.1, -0.05) is 0 Å². The van der Waals surface area contributed by atoms with E-state index in [1.165, 1.54) is 0 Å². The molecule has 32 heavy (non-hydrogen) atoms. The van der Waals surface area contributed by atoms with Gasteiger partial charge in [0.1, 0.15) is 17.3 Å². The van der Waals surface area contributed by atoms with E-state index >= 15 is 0 Å². The van der Waals surface area contributed by atoms with Crippen molar-refractivity contribution in [1.29, 1.82) is 0 Å². The van der Waals surface area contributed by atoms with E-state index in [1.54, 1.807) is 12.1 Å². The summed E-state index contributed by atoms with van der Waals surface area (Å²) in [5, 5.41) is 6.72. The molecule has 1 aromatic carbocycles. The molecule has 2 N–H and O–H groups in total. The van der Waals surface area contributed by atoms with Crippen molar-refractivity contribution in [2.24, 2.45) is 0 Å². The fourth-order valence-corrected chi connectivity index (χ4v) is 3.89. The van der Waals surface area contributed by atoms with Crippen molar-refractivity contribution in [3.8, 4) is 11.5 Å². The molecule has 0 atom stereocenters. The summed E-state index contributed by atoms with van der Waals surface area (Å²) in [4.78, 5) is 23.8. The summed E-state index contributed by atoms with van der Waals surface area (Å²) in [6.07, 6.45) is 3.76. The van der Waals surface area contributed by atoms with E-state index in [-0.39, 0.29) is 11.9 Å². The van der Waals surface area contributed by atoms with Crippen LogP contribution in [-0.2, 0) is 0 Å². The summed E-state index contributed by atoms with van der Waals surface area (Å²) >= 11 is 0. The molecule has 1 amide bonds. The molecule has 8 heteroatoms. The van der Waals surface area contributed by atoms with Gasteiger partial charge in [0, 0.05) is 49.6 Å². The highest BCUT2D eigenvalue weighted by Crippen LogP contribution is 2.25. The van der Waals surface area contributed by atoms with Crippen molar-refractivity contribution in [2.75, 3.05) is 37.5 Å². The maximum absolute atomic E-state index is 12.9. The fourth-order valence-electron chi connectivity index (χ4n) is 3.89. The lowest BCUT2D eigenvalue weighted by Gasteiger charge is -2.30. The van der Waals surface area contributed by atoms with Gasteiger partial charge in [-0.3, -0.25) is 4.79 Å². The third-order valence-electron chi connectivity index (χ3n) is 5.42. The van der Waals surface area contributed by atoms with Crippen LogP contribution in [-0.4, -0.2) is 55.3 Å². The predicted octanol–water partition coefficient (Wildman–Crippen LogP) is 3.80. The number of aryl methyl sites for hydroxylation is 1. The van der Waals surface area contributed by atoms with Gasteiger partial charge in [0.2, 0.25) is 5.95 Å². The Bertz CT molecular complexity index is 886. The molecule has 0 unspecified atom stereocenters. The average molecular weight is 442 g/mol. The van der Waals surface area contributed by atoms with Crippen molar-refractivity contribution >= 4 is 17.7 Å². The Morgan fingerprint density at radius 3 is 2.12 bits per heavy atom. The maximum Gasteiger partial charge on any atom is 0.251 e. The van der Waals surface area contributed by atoms with Crippen LogP contribution in [0.25, 0.3) is 0 Å². The van der Waals surface area contributed by atoms with E-state index in [2.05, 4.69) is 20.6 Å². The molecule has 0 aliphatic heterocycles. The molecule has 1 aliphatic carbocycles. The number of amides is 1. The third-order valence-corrected chi connectivity index (χ3v) is 5.42. The molecule has 0 radical (unpaired) electrons. The van der Waals surface area contributed by atoms with Crippen LogP contribution in [0, 0.1) is 6.92 Å². The van der Waals surface area contributed by atoms with Gasteiger partial charge >= 0.3 is 0 Å². The quantitative estimate of drug-likeness (QED) is 0.612. The Balaban J connectivity index is 1.56. The predicted molar refractivity (Wildman–Crippen MR) is 127 cm³/mol. The van der Waals surface area contributed by atoms with Gasteiger partial charge in [-0.15, -0.1) is 0 Å². The van der Waals surface area contributed by atoms with E-state index in [4.69, 9.17) is 9.47 Å². The monoisotopic (exact) mass is 441 g/mol. The molecule has 0 saturated heterocycles. The van der Waals surface area contributed by atoms with E-state index in [1.807, 2.05) is 51.9 Å². The molecule has 1 aliphatic rings. The molecule has 174 valence electrons. The highest BCUT2D eigenvalue weighted by Gasteiger charge is 2.24. The summed E-state index contributed by atoms with van der Waals surface area (Å²) in [6.45, 7) is 6.89. The zero-order chi connectivity index (χ0) is 23.1. The Hall–Kier alpha value is -3.03. The van der Waals surface area contributed by atoms with E-state index in [9.17, 15) is 4.79 Å². The van der Waals surface area contributed by atoms with Crippen LogP contribution in [0.4, 0.5) is 11.8 Å². The zero-order valence-electron chi connectivity index (χ0n) is 19.8. The van der Waals surface area contributed by atoms with Crippen LogP contribution in [0.5, 0.6) is 11.5 Å². The molecule has 3 rings (SSSR count). The minimum atomic E-state index is -0.0917. The van der Waals surface area contributed by atoms with E-state index in [0.717, 1.165) is 37.2 Å². The third kappa shape index (κ3) is 6.48. The number of rotatable bonds is 9. The highest BCUT2D eigenvalue weighted by molar-refractivity contribution is 5.95. The normalized spacial score (nSPS) is 18.0. The zero-order valence-corrected chi connectivity index (χ0v) is 19.8. The van der Waals surface area contributed by atoms with Gasteiger partial charge in [-0.2, -0.15) is 4.98 Å². The second-order valence-corrected chi connectivity index (χ2v) is 8.31. The number of hydrogen-bond donors (Lipinski definition) is 2. The largest absolute Gasteiger partial charge is 0.494 e. The molecule has 1 fully saturated rings. The molecular formula is C24H35N5O3. The number of hydrogen-bond acceptors (Lipinski definition) is 7. The first-order chi connectivity index (χ1) is 15.4. The molecule has 2 aromatic rings. The van der Waals surface area contributed by atoms with Crippen LogP contribution >= 0.6 is 0 Å². The first-order valence-electron chi connectivity index (χ1n) is 11.4. The smallest absolute Gasteiger partial charge is 0.251 e. The topological polar surface area (TPSA) is 88.6 Å². The van der Waals surface area contributed by atoms with Crippen LogP contribution in [0.1, 0.15) is 55.6 Å². The molecule has 1 heterocycles.